The van der Waals surface area contributed by atoms with Gasteiger partial charge in [0.1, 0.15) is 5.75 Å². The Morgan fingerprint density at radius 2 is 2.44 bits per heavy atom. The molecule has 9 heavy (non-hydrogen) atoms. The van der Waals surface area contributed by atoms with Crippen LogP contribution in [0, 0.1) is 5.41 Å². The summed E-state index contributed by atoms with van der Waals surface area (Å²) in [5.41, 5.74) is 0.491. The molecular weight excluding hydrogens is 116 g/mol. The molecule has 0 saturated heterocycles. The van der Waals surface area contributed by atoms with Crippen molar-refractivity contribution < 1.29 is 5.11 Å². The SMILES string of the molecule is N=Cc1ccncc1O. The fourth-order valence-electron chi connectivity index (χ4n) is 0.519. The first-order valence-corrected chi connectivity index (χ1v) is 2.48. The summed E-state index contributed by atoms with van der Waals surface area (Å²) in [6.07, 6.45) is 3.91. The largest absolute Gasteiger partial charge is 0.506 e. The van der Waals surface area contributed by atoms with Crippen LogP contribution in [0.3, 0.4) is 0 Å². The summed E-state index contributed by atoms with van der Waals surface area (Å²) in [4.78, 5) is 3.64. The van der Waals surface area contributed by atoms with Crippen molar-refractivity contribution in [3.05, 3.63) is 24.0 Å². The van der Waals surface area contributed by atoms with Gasteiger partial charge < -0.3 is 10.5 Å². The molecule has 0 bridgehead atoms. The van der Waals surface area contributed by atoms with Crippen LogP contribution in [0.5, 0.6) is 5.75 Å². The van der Waals surface area contributed by atoms with Crippen LogP contribution in [-0.4, -0.2) is 16.3 Å². The normalized spacial score (nSPS) is 8.89. The molecule has 0 fully saturated rings. The number of nitrogens with one attached hydrogen (secondary N) is 1. The lowest BCUT2D eigenvalue weighted by Crippen LogP contribution is -1.80. The Bertz CT molecular complexity index is 222. The zero-order valence-electron chi connectivity index (χ0n) is 4.70. The van der Waals surface area contributed by atoms with Gasteiger partial charge in [-0.05, 0) is 6.07 Å². The van der Waals surface area contributed by atoms with E-state index < -0.39 is 0 Å². The van der Waals surface area contributed by atoms with E-state index in [4.69, 9.17) is 10.5 Å². The van der Waals surface area contributed by atoms with Gasteiger partial charge in [0.25, 0.3) is 0 Å². The molecule has 3 heteroatoms. The van der Waals surface area contributed by atoms with E-state index in [1.54, 1.807) is 6.07 Å². The molecule has 1 rings (SSSR count). The first-order valence-electron chi connectivity index (χ1n) is 2.48. The molecule has 0 unspecified atom stereocenters. The molecule has 1 aromatic rings. The van der Waals surface area contributed by atoms with E-state index in [0.717, 1.165) is 6.21 Å². The second kappa shape index (κ2) is 2.26. The van der Waals surface area contributed by atoms with E-state index in [2.05, 4.69) is 4.98 Å². The Kier molecular flexibility index (Phi) is 1.44. The Balaban J connectivity index is 3.15. The van der Waals surface area contributed by atoms with E-state index in [9.17, 15) is 0 Å². The van der Waals surface area contributed by atoms with Crippen molar-refractivity contribution in [2.75, 3.05) is 0 Å². The molecule has 0 aliphatic carbocycles. The van der Waals surface area contributed by atoms with Gasteiger partial charge in [-0.3, -0.25) is 4.98 Å². The summed E-state index contributed by atoms with van der Waals surface area (Å²) in [5.74, 6) is 0.0486. The number of hydrogen-bond donors (Lipinski definition) is 2. The van der Waals surface area contributed by atoms with Gasteiger partial charge in [0.05, 0.1) is 6.20 Å². The van der Waals surface area contributed by atoms with Gasteiger partial charge in [0.15, 0.2) is 0 Å². The Labute approximate surface area is 52.5 Å². The standard InChI is InChI=1S/C6H6N2O/c7-3-5-1-2-8-4-6(5)9/h1-4,7,9H. The van der Waals surface area contributed by atoms with Gasteiger partial charge in [-0.15, -0.1) is 0 Å². The summed E-state index contributed by atoms with van der Waals surface area (Å²) in [6.45, 7) is 0. The van der Waals surface area contributed by atoms with Gasteiger partial charge in [0, 0.05) is 18.0 Å². The van der Waals surface area contributed by atoms with E-state index >= 15 is 0 Å². The second-order valence-corrected chi connectivity index (χ2v) is 1.58. The molecule has 0 aliphatic heterocycles. The van der Waals surface area contributed by atoms with Crippen LogP contribution in [0.1, 0.15) is 5.56 Å². The van der Waals surface area contributed by atoms with Crippen molar-refractivity contribution in [2.24, 2.45) is 0 Å². The minimum absolute atomic E-state index is 0.0486. The molecule has 1 aromatic heterocycles. The molecule has 46 valence electrons. The molecule has 0 aliphatic rings. The molecule has 0 radical (unpaired) electrons. The molecule has 0 atom stereocenters. The minimum atomic E-state index is 0.0486. The molecule has 3 nitrogen and oxygen atoms in total. The monoisotopic (exact) mass is 122 g/mol. The van der Waals surface area contributed by atoms with Crippen molar-refractivity contribution in [3.63, 3.8) is 0 Å². The van der Waals surface area contributed by atoms with Crippen LogP contribution in [0.15, 0.2) is 18.5 Å². The topological polar surface area (TPSA) is 57.0 Å². The molecule has 1 heterocycles. The molecule has 0 amide bonds. The van der Waals surface area contributed by atoms with Crippen molar-refractivity contribution in [3.8, 4) is 5.75 Å². The summed E-state index contributed by atoms with van der Waals surface area (Å²) < 4.78 is 0. The third-order valence-corrected chi connectivity index (χ3v) is 0.988. The van der Waals surface area contributed by atoms with E-state index in [-0.39, 0.29) is 5.75 Å². The predicted molar refractivity (Wildman–Crippen MR) is 33.8 cm³/mol. The summed E-state index contributed by atoms with van der Waals surface area (Å²) in [6, 6.07) is 1.57. The van der Waals surface area contributed by atoms with Crippen molar-refractivity contribution in [1.82, 2.24) is 4.98 Å². The van der Waals surface area contributed by atoms with Gasteiger partial charge in [-0.25, -0.2) is 0 Å². The van der Waals surface area contributed by atoms with Crippen LogP contribution in [-0.2, 0) is 0 Å². The van der Waals surface area contributed by atoms with Crippen LogP contribution in [0.2, 0.25) is 0 Å². The lowest BCUT2D eigenvalue weighted by Gasteiger charge is -1.92. The maximum absolute atomic E-state index is 8.90. The predicted octanol–water partition coefficient (Wildman–Crippen LogP) is 0.785. The van der Waals surface area contributed by atoms with Gasteiger partial charge in [-0.2, -0.15) is 0 Å². The fourth-order valence-corrected chi connectivity index (χ4v) is 0.519. The lowest BCUT2D eigenvalue weighted by atomic mass is 10.3. The van der Waals surface area contributed by atoms with Gasteiger partial charge in [-0.1, -0.05) is 0 Å². The highest BCUT2D eigenvalue weighted by Crippen LogP contribution is 2.09. The number of aromatic nitrogens is 1. The zero-order chi connectivity index (χ0) is 6.69. The number of hydrogen-bond acceptors (Lipinski definition) is 3. The van der Waals surface area contributed by atoms with Gasteiger partial charge >= 0.3 is 0 Å². The fraction of sp³-hybridized carbons (Fsp3) is 0. The number of pyridine rings is 1. The van der Waals surface area contributed by atoms with E-state index in [1.807, 2.05) is 0 Å². The number of nitrogens with zero attached hydrogens (tertiary/aromatic N) is 1. The van der Waals surface area contributed by atoms with Crippen LogP contribution < -0.4 is 0 Å². The summed E-state index contributed by atoms with van der Waals surface area (Å²) in [7, 11) is 0. The minimum Gasteiger partial charge on any atom is -0.506 e. The third-order valence-electron chi connectivity index (χ3n) is 0.988. The summed E-state index contributed by atoms with van der Waals surface area (Å²) >= 11 is 0. The highest BCUT2D eigenvalue weighted by Gasteiger charge is 1.92. The van der Waals surface area contributed by atoms with E-state index in [0.29, 0.717) is 5.56 Å². The Morgan fingerprint density at radius 3 is 2.89 bits per heavy atom. The molecule has 2 N–H and O–H groups in total. The molecular formula is C6H6N2O. The van der Waals surface area contributed by atoms with Crippen molar-refractivity contribution >= 4 is 6.21 Å². The van der Waals surface area contributed by atoms with Crippen LogP contribution >= 0.6 is 0 Å². The summed E-state index contributed by atoms with van der Waals surface area (Å²) in [5, 5.41) is 15.7. The average molecular weight is 122 g/mol. The Morgan fingerprint density at radius 1 is 1.67 bits per heavy atom. The quantitative estimate of drug-likeness (QED) is 0.541. The van der Waals surface area contributed by atoms with E-state index in [1.165, 1.54) is 12.4 Å². The molecule has 0 aromatic carbocycles. The average Bonchev–Trinajstić information content (AvgIpc) is 1.89. The number of aromatic hydroxyl groups is 1. The third kappa shape index (κ3) is 1.05. The number of rotatable bonds is 1. The maximum atomic E-state index is 8.90. The highest BCUT2D eigenvalue weighted by atomic mass is 16.3. The highest BCUT2D eigenvalue weighted by molar-refractivity contribution is 5.80. The Hall–Kier alpha value is -1.38. The van der Waals surface area contributed by atoms with Crippen LogP contribution in [0.25, 0.3) is 0 Å². The molecule has 0 saturated carbocycles. The van der Waals surface area contributed by atoms with Crippen LogP contribution in [0.4, 0.5) is 0 Å². The van der Waals surface area contributed by atoms with Crippen molar-refractivity contribution in [2.45, 2.75) is 0 Å². The first-order chi connectivity index (χ1) is 4.34. The zero-order valence-corrected chi connectivity index (χ0v) is 4.70. The molecule has 0 spiro atoms. The lowest BCUT2D eigenvalue weighted by molar-refractivity contribution is 0.472. The maximum Gasteiger partial charge on any atom is 0.142 e. The van der Waals surface area contributed by atoms with Gasteiger partial charge in [0.2, 0.25) is 0 Å². The first kappa shape index (κ1) is 5.75. The van der Waals surface area contributed by atoms with Crippen molar-refractivity contribution in [1.29, 1.82) is 5.41 Å². The smallest absolute Gasteiger partial charge is 0.142 e. The second-order valence-electron chi connectivity index (χ2n) is 1.58.